The second kappa shape index (κ2) is 10.6. The number of rotatable bonds is 7. The maximum absolute atomic E-state index is 12.7. The molecule has 3 N–H and O–H groups in total. The number of aliphatic hydroxyl groups excluding tert-OH is 1. The van der Waals surface area contributed by atoms with Crippen molar-refractivity contribution in [3.05, 3.63) is 108 Å². The van der Waals surface area contributed by atoms with Crippen LogP contribution in [0.5, 0.6) is 5.75 Å². The lowest BCUT2D eigenvalue weighted by Gasteiger charge is -2.11. The standard InChI is InChI=1S/C26H22N2O4S/c29-16-23-12-13-24(32-23)19-8-4-10-21(14-19)27-26(33)28-25(30)20-9-5-11-22(15-20)31-17-18-6-2-1-3-7-18/h1-15,29H,16-17H2,(H2,27,28,30,33). The molecular formula is C26H22N2O4S. The van der Waals surface area contributed by atoms with Crippen molar-refractivity contribution in [2.24, 2.45) is 0 Å². The van der Waals surface area contributed by atoms with E-state index in [0.29, 0.717) is 35.1 Å². The summed E-state index contributed by atoms with van der Waals surface area (Å²) in [5.74, 6) is 1.37. The number of hydrogen-bond donors (Lipinski definition) is 3. The van der Waals surface area contributed by atoms with Gasteiger partial charge in [0, 0.05) is 16.8 Å². The van der Waals surface area contributed by atoms with Crippen LogP contribution in [-0.4, -0.2) is 16.1 Å². The van der Waals surface area contributed by atoms with Crippen LogP contribution in [0.1, 0.15) is 21.7 Å². The first-order valence-corrected chi connectivity index (χ1v) is 10.7. The van der Waals surface area contributed by atoms with E-state index < -0.39 is 0 Å². The Bertz CT molecular complexity index is 1250. The van der Waals surface area contributed by atoms with E-state index in [1.165, 1.54) is 0 Å². The number of amides is 1. The van der Waals surface area contributed by atoms with Crippen molar-refractivity contribution in [3.8, 4) is 17.1 Å². The van der Waals surface area contributed by atoms with Gasteiger partial charge in [-0.05, 0) is 60.2 Å². The summed E-state index contributed by atoms with van der Waals surface area (Å²) in [4.78, 5) is 12.7. The molecule has 0 saturated carbocycles. The van der Waals surface area contributed by atoms with Crippen molar-refractivity contribution in [2.45, 2.75) is 13.2 Å². The highest BCUT2D eigenvalue weighted by Crippen LogP contribution is 2.25. The number of carbonyl (C=O) groups is 1. The first-order valence-electron chi connectivity index (χ1n) is 10.3. The number of ether oxygens (including phenoxy) is 1. The van der Waals surface area contributed by atoms with E-state index in [4.69, 9.17) is 21.4 Å². The van der Waals surface area contributed by atoms with Crippen LogP contribution in [0.2, 0.25) is 0 Å². The second-order valence-corrected chi connectivity index (χ2v) is 7.62. The third-order valence-corrected chi connectivity index (χ3v) is 5.00. The zero-order valence-corrected chi connectivity index (χ0v) is 18.5. The van der Waals surface area contributed by atoms with E-state index in [0.717, 1.165) is 11.1 Å². The smallest absolute Gasteiger partial charge is 0.257 e. The lowest BCUT2D eigenvalue weighted by molar-refractivity contribution is 0.0977. The minimum Gasteiger partial charge on any atom is -0.489 e. The average Bonchev–Trinajstić information content (AvgIpc) is 3.33. The van der Waals surface area contributed by atoms with E-state index in [9.17, 15) is 9.90 Å². The predicted octanol–water partition coefficient (Wildman–Crippen LogP) is 5.14. The maximum Gasteiger partial charge on any atom is 0.257 e. The van der Waals surface area contributed by atoms with Crippen molar-refractivity contribution in [3.63, 3.8) is 0 Å². The van der Waals surface area contributed by atoms with Gasteiger partial charge in [-0.15, -0.1) is 0 Å². The highest BCUT2D eigenvalue weighted by atomic mass is 32.1. The minimum atomic E-state index is -0.340. The number of aliphatic hydroxyl groups is 1. The Balaban J connectivity index is 1.36. The molecule has 0 bridgehead atoms. The predicted molar refractivity (Wildman–Crippen MR) is 131 cm³/mol. The van der Waals surface area contributed by atoms with Gasteiger partial charge in [-0.25, -0.2) is 0 Å². The lowest BCUT2D eigenvalue weighted by Crippen LogP contribution is -2.34. The molecule has 3 aromatic carbocycles. The summed E-state index contributed by atoms with van der Waals surface area (Å²) in [6.45, 7) is 0.254. The number of anilines is 1. The minimum absolute atomic E-state index is 0.160. The number of carbonyl (C=O) groups excluding carboxylic acids is 1. The van der Waals surface area contributed by atoms with Crippen LogP contribution in [-0.2, 0) is 13.2 Å². The van der Waals surface area contributed by atoms with Crippen LogP contribution < -0.4 is 15.4 Å². The molecule has 0 atom stereocenters. The first-order chi connectivity index (χ1) is 16.1. The summed E-state index contributed by atoms with van der Waals surface area (Å²) in [6.07, 6.45) is 0. The van der Waals surface area contributed by atoms with Gasteiger partial charge < -0.3 is 19.6 Å². The van der Waals surface area contributed by atoms with Crippen molar-refractivity contribution in [1.29, 1.82) is 0 Å². The molecule has 6 nitrogen and oxygen atoms in total. The lowest BCUT2D eigenvalue weighted by atomic mass is 10.1. The Kier molecular flexibility index (Phi) is 7.14. The van der Waals surface area contributed by atoms with Crippen LogP contribution >= 0.6 is 12.2 Å². The van der Waals surface area contributed by atoms with Gasteiger partial charge in [0.2, 0.25) is 0 Å². The number of furan rings is 1. The Morgan fingerprint density at radius 1 is 0.939 bits per heavy atom. The SMILES string of the molecule is O=C(NC(=S)Nc1cccc(-c2ccc(CO)o2)c1)c1cccc(OCc2ccccc2)c1. The summed E-state index contributed by atoms with van der Waals surface area (Å²) in [5, 5.41) is 15.0. The van der Waals surface area contributed by atoms with Crippen molar-refractivity contribution in [1.82, 2.24) is 5.32 Å². The molecule has 4 rings (SSSR count). The van der Waals surface area contributed by atoms with Crippen LogP contribution in [0.25, 0.3) is 11.3 Å². The van der Waals surface area contributed by atoms with Gasteiger partial charge in [-0.2, -0.15) is 0 Å². The normalized spacial score (nSPS) is 10.5. The zero-order valence-electron chi connectivity index (χ0n) is 17.7. The molecule has 1 aromatic heterocycles. The largest absolute Gasteiger partial charge is 0.489 e. The fraction of sp³-hybridized carbons (Fsp3) is 0.0769. The monoisotopic (exact) mass is 458 g/mol. The number of benzene rings is 3. The van der Waals surface area contributed by atoms with Crippen LogP contribution in [0.3, 0.4) is 0 Å². The molecule has 0 aliphatic rings. The molecule has 0 spiro atoms. The topological polar surface area (TPSA) is 83.7 Å². The summed E-state index contributed by atoms with van der Waals surface area (Å²) in [7, 11) is 0. The maximum atomic E-state index is 12.7. The third kappa shape index (κ3) is 6.06. The van der Waals surface area contributed by atoms with Crippen molar-refractivity contribution in [2.75, 3.05) is 5.32 Å². The first kappa shape index (κ1) is 22.3. The van der Waals surface area contributed by atoms with E-state index in [1.54, 1.807) is 36.4 Å². The van der Waals surface area contributed by atoms with E-state index in [2.05, 4.69) is 10.6 Å². The third-order valence-electron chi connectivity index (χ3n) is 4.79. The zero-order chi connectivity index (χ0) is 23.0. The molecule has 0 fully saturated rings. The molecule has 0 aliphatic heterocycles. The summed E-state index contributed by atoms with van der Waals surface area (Å²) in [5.41, 5.74) is 2.99. The van der Waals surface area contributed by atoms with E-state index in [-0.39, 0.29) is 17.6 Å². The van der Waals surface area contributed by atoms with Crippen LogP contribution in [0, 0.1) is 0 Å². The van der Waals surface area contributed by atoms with E-state index >= 15 is 0 Å². The second-order valence-electron chi connectivity index (χ2n) is 7.22. The molecule has 0 radical (unpaired) electrons. The number of thiocarbonyl (C=S) groups is 1. The van der Waals surface area contributed by atoms with Crippen molar-refractivity contribution < 1.29 is 19.1 Å². The summed E-state index contributed by atoms with van der Waals surface area (Å²) in [6, 6.07) is 27.7. The highest BCUT2D eigenvalue weighted by Gasteiger charge is 2.10. The van der Waals surface area contributed by atoms with E-state index in [1.807, 2.05) is 54.6 Å². The number of nitrogens with one attached hydrogen (secondary N) is 2. The molecule has 1 heterocycles. The molecule has 7 heteroatoms. The van der Waals surface area contributed by atoms with Gasteiger partial charge in [0.1, 0.15) is 30.5 Å². The molecule has 0 aliphatic carbocycles. The Morgan fingerprint density at radius 3 is 2.55 bits per heavy atom. The van der Waals surface area contributed by atoms with Gasteiger partial charge >= 0.3 is 0 Å². The van der Waals surface area contributed by atoms with Crippen LogP contribution in [0.4, 0.5) is 5.69 Å². The van der Waals surface area contributed by atoms with Crippen molar-refractivity contribution >= 4 is 28.9 Å². The summed E-state index contributed by atoms with van der Waals surface area (Å²) < 4.78 is 11.4. The molecule has 1 amide bonds. The molecular weight excluding hydrogens is 436 g/mol. The fourth-order valence-electron chi connectivity index (χ4n) is 3.17. The number of hydrogen-bond acceptors (Lipinski definition) is 5. The van der Waals surface area contributed by atoms with Gasteiger partial charge in [0.15, 0.2) is 5.11 Å². The molecule has 0 saturated heterocycles. The average molecular weight is 459 g/mol. The summed E-state index contributed by atoms with van der Waals surface area (Å²) >= 11 is 5.31. The highest BCUT2D eigenvalue weighted by molar-refractivity contribution is 7.80. The van der Waals surface area contributed by atoms with Gasteiger partial charge in [0.25, 0.3) is 5.91 Å². The molecule has 33 heavy (non-hydrogen) atoms. The molecule has 4 aromatic rings. The fourth-order valence-corrected chi connectivity index (χ4v) is 3.38. The Hall–Kier alpha value is -3.94. The molecule has 166 valence electrons. The van der Waals surface area contributed by atoms with Gasteiger partial charge in [-0.1, -0.05) is 48.5 Å². The Labute approximate surface area is 196 Å². The Morgan fingerprint density at radius 2 is 1.76 bits per heavy atom. The molecule has 0 unspecified atom stereocenters. The van der Waals surface area contributed by atoms with Gasteiger partial charge in [-0.3, -0.25) is 10.1 Å². The van der Waals surface area contributed by atoms with Gasteiger partial charge in [0.05, 0.1) is 0 Å². The quantitative estimate of drug-likeness (QED) is 0.333. The van der Waals surface area contributed by atoms with Crippen LogP contribution in [0.15, 0.2) is 95.4 Å².